The Morgan fingerprint density at radius 1 is 0.704 bits per heavy atom. The van der Waals surface area contributed by atoms with Gasteiger partial charge < -0.3 is 55.6 Å². The summed E-state index contributed by atoms with van der Waals surface area (Å²) >= 11 is 0. The molecule has 0 aromatic heterocycles. The maximum Gasteiger partial charge on any atom is 0.407 e. The van der Waals surface area contributed by atoms with Crippen molar-refractivity contribution in [1.29, 1.82) is 0 Å². The van der Waals surface area contributed by atoms with Crippen molar-refractivity contribution < 1.29 is 69.7 Å². The number of carbonyl (C=O) groups is 3. The number of aliphatic hydroxyl groups is 1. The highest BCUT2D eigenvalue weighted by atomic mass is 32.2. The highest BCUT2D eigenvalue weighted by molar-refractivity contribution is 7.89. The van der Waals surface area contributed by atoms with Gasteiger partial charge in [-0.15, -0.1) is 0 Å². The summed E-state index contributed by atoms with van der Waals surface area (Å²) in [6, 6.07) is 27.1. The third kappa shape index (κ3) is 21.5. The molecule has 0 spiro atoms. The third-order valence-electron chi connectivity index (χ3n) is 12.7. The number of non-ortho nitro benzene ring substituents is 1. The van der Waals surface area contributed by atoms with Gasteiger partial charge in [0, 0.05) is 50.3 Å². The van der Waals surface area contributed by atoms with Crippen molar-refractivity contribution in [2.45, 2.75) is 112 Å². The summed E-state index contributed by atoms with van der Waals surface area (Å²) in [5, 5.41) is 27.7. The van der Waals surface area contributed by atoms with E-state index in [-0.39, 0.29) is 85.7 Å². The molecule has 9 N–H and O–H groups in total. The van der Waals surface area contributed by atoms with Gasteiger partial charge >= 0.3 is 18.2 Å². The maximum atomic E-state index is 13.9. The molecule has 2 amide bonds. The first-order valence-corrected chi connectivity index (χ1v) is 29.7. The van der Waals surface area contributed by atoms with Crippen molar-refractivity contribution >= 4 is 49.6 Å². The van der Waals surface area contributed by atoms with E-state index in [1.807, 2.05) is 88.4 Å². The molecule has 2 aliphatic heterocycles. The number of hydrogen-bond acceptors (Lipinski definition) is 19. The van der Waals surface area contributed by atoms with Crippen LogP contribution in [0.2, 0.25) is 0 Å². The number of benzene rings is 4. The standard InChI is InChI=1S/C30H45N5O8S.C25H33N3O8S/c1-21(2)18-35(44(38,39)25-11-9-23(32)10-12-25)19-27(43-29(36)28(33)41-15-6-14-31)26(17-22-7-4-3-5-8-22)34-30(37)42-24-13-16-40-20-24;1-18(2)15-27(37(33,34)22-10-8-20(9-11-22)28(31)32)16-24(29)23(14-19-6-4-3-5-7-19)26-25(30)36-21-12-13-35-17-21/h3-5,7-12,21,24,26-28H,6,13-20,31-33H2,1-2H3,(H,34,37);3-11,18,21,23-24,29H,12-17H2,1-2H3,(H,26,30)/t24-,26-,27+,28-;21-,23-,24+/m00/s1. The number of nitro benzene ring substituents is 1. The molecule has 446 valence electrons. The molecule has 2 saturated heterocycles. The number of sulfonamides is 2. The van der Waals surface area contributed by atoms with Crippen LogP contribution in [0.1, 0.15) is 58.1 Å². The van der Waals surface area contributed by atoms with E-state index in [9.17, 15) is 46.4 Å². The lowest BCUT2D eigenvalue weighted by molar-refractivity contribution is -0.384. The summed E-state index contributed by atoms with van der Waals surface area (Å²) in [6.45, 7) is 9.03. The van der Waals surface area contributed by atoms with E-state index in [2.05, 4.69) is 10.6 Å². The van der Waals surface area contributed by atoms with Crippen LogP contribution in [0.25, 0.3) is 0 Å². The van der Waals surface area contributed by atoms with Gasteiger partial charge in [0.05, 0.1) is 72.5 Å². The molecule has 24 nitrogen and oxygen atoms in total. The summed E-state index contributed by atoms with van der Waals surface area (Å²) < 4.78 is 89.8. The minimum absolute atomic E-state index is 0.0208. The van der Waals surface area contributed by atoms with Crippen LogP contribution >= 0.6 is 0 Å². The van der Waals surface area contributed by atoms with Crippen LogP contribution in [-0.4, -0.2) is 162 Å². The number of nitrogens with two attached hydrogens (primary N) is 3. The van der Waals surface area contributed by atoms with Gasteiger partial charge in [-0.25, -0.2) is 31.2 Å². The smallest absolute Gasteiger partial charge is 0.407 e. The number of hydrogen-bond donors (Lipinski definition) is 6. The highest BCUT2D eigenvalue weighted by Gasteiger charge is 2.37. The number of alkyl carbamates (subject to hydrolysis) is 2. The third-order valence-corrected chi connectivity index (χ3v) is 16.4. The molecule has 26 heteroatoms. The van der Waals surface area contributed by atoms with Crippen molar-refractivity contribution in [2.75, 3.05) is 71.5 Å². The minimum atomic E-state index is -4.10. The van der Waals surface area contributed by atoms with Gasteiger partial charge in [0.15, 0.2) is 0 Å². The normalized spacial score (nSPS) is 17.4. The topological polar surface area (TPSA) is 347 Å². The van der Waals surface area contributed by atoms with Gasteiger partial charge in [0.2, 0.25) is 26.3 Å². The van der Waals surface area contributed by atoms with Gasteiger partial charge in [0.1, 0.15) is 18.3 Å². The van der Waals surface area contributed by atoms with Crippen LogP contribution in [0.3, 0.4) is 0 Å². The van der Waals surface area contributed by atoms with E-state index in [4.69, 9.17) is 45.6 Å². The van der Waals surface area contributed by atoms with Gasteiger partial charge in [-0.2, -0.15) is 8.61 Å². The first kappa shape index (κ1) is 65.5. The number of rotatable bonds is 29. The summed E-state index contributed by atoms with van der Waals surface area (Å²) in [7, 11) is -8.18. The zero-order valence-corrected chi connectivity index (χ0v) is 47.8. The molecule has 2 fully saturated rings. The van der Waals surface area contributed by atoms with Gasteiger partial charge in [-0.05, 0) is 85.2 Å². The van der Waals surface area contributed by atoms with E-state index < -0.39 is 79.7 Å². The van der Waals surface area contributed by atoms with Gasteiger partial charge in [-0.3, -0.25) is 15.8 Å². The van der Waals surface area contributed by atoms with Crippen molar-refractivity contribution in [3.05, 3.63) is 130 Å². The second kappa shape index (κ2) is 32.3. The van der Waals surface area contributed by atoms with E-state index in [0.717, 1.165) is 27.6 Å². The van der Waals surface area contributed by atoms with E-state index in [1.54, 1.807) is 0 Å². The Morgan fingerprint density at radius 2 is 1.16 bits per heavy atom. The molecule has 0 unspecified atom stereocenters. The average molecular weight is 1170 g/mol. The fourth-order valence-corrected chi connectivity index (χ4v) is 11.8. The number of nitrogen functional groups attached to an aromatic ring is 1. The highest BCUT2D eigenvalue weighted by Crippen LogP contribution is 2.24. The van der Waals surface area contributed by atoms with Crippen molar-refractivity contribution in [2.24, 2.45) is 23.3 Å². The van der Waals surface area contributed by atoms with Crippen LogP contribution in [0, 0.1) is 22.0 Å². The second-order valence-electron chi connectivity index (χ2n) is 20.4. The van der Waals surface area contributed by atoms with E-state index in [1.165, 1.54) is 40.7 Å². The molecule has 4 aromatic rings. The molecule has 0 aliphatic carbocycles. The number of carbonyl (C=O) groups excluding carboxylic acids is 3. The number of nitro groups is 1. The molecule has 7 atom stereocenters. The first-order valence-electron chi connectivity index (χ1n) is 26.8. The molecule has 81 heavy (non-hydrogen) atoms. The summed E-state index contributed by atoms with van der Waals surface area (Å²) in [6.07, 6.45) is -4.16. The Balaban J connectivity index is 0.000000302. The molecule has 0 radical (unpaired) electrons. The molecular weight excluding hydrogens is 1090 g/mol. The average Bonchev–Trinajstić information content (AvgIpc) is 4.26. The van der Waals surface area contributed by atoms with Gasteiger partial charge in [0.25, 0.3) is 5.69 Å². The van der Waals surface area contributed by atoms with E-state index in [0.29, 0.717) is 51.3 Å². The second-order valence-corrected chi connectivity index (χ2v) is 24.3. The predicted octanol–water partition coefficient (Wildman–Crippen LogP) is 4.33. The molecular formula is C55H78N8O16S2. The Hall–Kier alpha value is -6.33. The lowest BCUT2D eigenvalue weighted by atomic mass is 10.0. The number of aliphatic hydroxyl groups excluding tert-OH is 1. The predicted molar refractivity (Wildman–Crippen MR) is 300 cm³/mol. The molecule has 2 aliphatic rings. The Morgan fingerprint density at radius 3 is 1.60 bits per heavy atom. The number of nitrogens with one attached hydrogen (secondary N) is 2. The van der Waals surface area contributed by atoms with Crippen LogP contribution in [0.4, 0.5) is 21.0 Å². The molecule has 0 bridgehead atoms. The summed E-state index contributed by atoms with van der Waals surface area (Å²) in [5.41, 5.74) is 19.1. The Kier molecular flexibility index (Phi) is 26.1. The summed E-state index contributed by atoms with van der Waals surface area (Å²) in [5.74, 6) is -1.09. The number of ether oxygens (including phenoxy) is 6. The maximum absolute atomic E-state index is 13.9. The quantitative estimate of drug-likeness (QED) is 0.00838. The van der Waals surface area contributed by atoms with Gasteiger partial charge in [-0.1, -0.05) is 88.4 Å². The number of amides is 2. The monoisotopic (exact) mass is 1170 g/mol. The molecule has 4 aromatic carbocycles. The Bertz CT molecular complexity index is 2790. The number of esters is 1. The molecule has 2 heterocycles. The fraction of sp³-hybridized carbons (Fsp3) is 0.509. The van der Waals surface area contributed by atoms with E-state index >= 15 is 0 Å². The number of nitrogens with zero attached hydrogens (tertiary/aromatic N) is 3. The molecule has 0 saturated carbocycles. The molecule has 6 rings (SSSR count). The van der Waals surface area contributed by atoms with Crippen LogP contribution in [0.15, 0.2) is 119 Å². The lowest BCUT2D eigenvalue weighted by Gasteiger charge is -2.33. The van der Waals surface area contributed by atoms with Crippen molar-refractivity contribution in [1.82, 2.24) is 19.2 Å². The minimum Gasteiger partial charge on any atom is -0.456 e. The first-order chi connectivity index (χ1) is 38.5. The Labute approximate surface area is 474 Å². The SMILES string of the molecule is CC(C)CN(C[C@@H](O)[C@H](Cc1ccccc1)NC(=O)O[C@H]1CCOC1)S(=O)(=O)c1ccc([N+](=O)[O-])cc1.CC(C)CN(C[C@@H](OC(=O)[C@@H](N)OCCCN)[C@H](Cc1ccccc1)NC(=O)O[C@H]1CCOC1)S(=O)(=O)c1ccc(N)cc1. The largest absolute Gasteiger partial charge is 0.456 e. The fourth-order valence-electron chi connectivity index (χ4n) is 8.57. The van der Waals surface area contributed by atoms with Crippen LogP contribution in [0.5, 0.6) is 0 Å². The number of anilines is 1. The van der Waals surface area contributed by atoms with Crippen LogP contribution in [-0.2, 0) is 66.1 Å². The van der Waals surface area contributed by atoms with Crippen LogP contribution < -0.4 is 27.8 Å². The summed E-state index contributed by atoms with van der Waals surface area (Å²) in [4.78, 5) is 49.1. The zero-order valence-electron chi connectivity index (χ0n) is 46.2. The van der Waals surface area contributed by atoms with Crippen molar-refractivity contribution in [3.63, 3.8) is 0 Å². The zero-order chi connectivity index (χ0) is 59.1. The lowest BCUT2D eigenvalue weighted by Crippen LogP contribution is -2.54. The van der Waals surface area contributed by atoms with Crippen molar-refractivity contribution in [3.8, 4) is 0 Å².